The van der Waals surface area contributed by atoms with Crippen molar-refractivity contribution in [3.63, 3.8) is 0 Å². The van der Waals surface area contributed by atoms with Gasteiger partial charge in [-0.2, -0.15) is 0 Å². The fraction of sp³-hybridized carbons (Fsp3) is 0.0909. The molecular weight excluding hydrogens is 214 g/mol. The Labute approximate surface area is 92.7 Å². The van der Waals surface area contributed by atoms with Crippen molar-refractivity contribution in [2.75, 3.05) is 11.2 Å². The third kappa shape index (κ3) is 3.56. The Bertz CT molecular complexity index is 388. The minimum absolute atomic E-state index is 0.0994. The number of alkyl halides is 1. The Kier molecular flexibility index (Phi) is 4.57. The first-order valence-electron chi connectivity index (χ1n) is 4.27. The van der Waals surface area contributed by atoms with E-state index >= 15 is 0 Å². The van der Waals surface area contributed by atoms with Gasteiger partial charge in [-0.1, -0.05) is 18.2 Å². The van der Waals surface area contributed by atoms with Crippen LogP contribution < -0.4 is 5.32 Å². The molecule has 1 aromatic rings. The first-order chi connectivity index (χ1) is 7.27. The quantitative estimate of drug-likeness (QED) is 0.626. The van der Waals surface area contributed by atoms with Crippen LogP contribution in [0.4, 0.5) is 5.69 Å². The van der Waals surface area contributed by atoms with E-state index in [4.69, 9.17) is 11.6 Å². The minimum atomic E-state index is -0.285. The summed E-state index contributed by atoms with van der Waals surface area (Å²) in [7, 11) is 0. The van der Waals surface area contributed by atoms with E-state index in [1.165, 1.54) is 6.08 Å². The largest absolute Gasteiger partial charge is 0.324 e. The molecule has 15 heavy (non-hydrogen) atoms. The number of anilines is 1. The number of allylic oxidation sites excluding steroid dienone is 1. The van der Waals surface area contributed by atoms with E-state index < -0.39 is 0 Å². The monoisotopic (exact) mass is 222 g/mol. The van der Waals surface area contributed by atoms with Crippen molar-refractivity contribution in [1.82, 2.24) is 0 Å². The van der Waals surface area contributed by atoms with Gasteiger partial charge in [0.15, 0.2) is 0 Å². The van der Waals surface area contributed by atoms with E-state index in [9.17, 15) is 9.59 Å². The van der Waals surface area contributed by atoms with Crippen molar-refractivity contribution in [3.8, 4) is 0 Å². The van der Waals surface area contributed by atoms with Gasteiger partial charge in [0.05, 0.1) is 0 Å². The number of benzene rings is 1. The van der Waals surface area contributed by atoms with E-state index in [2.05, 4.69) is 5.32 Å². The highest BCUT2D eigenvalue weighted by Gasteiger charge is 2.02. The van der Waals surface area contributed by atoms with E-state index in [1.54, 1.807) is 36.6 Å². The number of para-hydroxylation sites is 1. The molecule has 0 aliphatic rings. The summed E-state index contributed by atoms with van der Waals surface area (Å²) < 4.78 is 0. The van der Waals surface area contributed by atoms with Gasteiger partial charge in [0, 0.05) is 5.69 Å². The predicted molar refractivity (Wildman–Crippen MR) is 60.5 cm³/mol. The normalized spacial score (nSPS) is 10.2. The zero-order valence-corrected chi connectivity index (χ0v) is 8.62. The average molecular weight is 223 g/mol. The van der Waals surface area contributed by atoms with E-state index in [1.807, 2.05) is 0 Å². The van der Waals surface area contributed by atoms with Crippen LogP contribution in [-0.4, -0.2) is 18.1 Å². The van der Waals surface area contributed by atoms with Crippen LogP contribution in [0.2, 0.25) is 0 Å². The summed E-state index contributed by atoms with van der Waals surface area (Å²) in [5.41, 5.74) is 1.36. The van der Waals surface area contributed by atoms with Crippen LogP contribution in [0.1, 0.15) is 5.56 Å². The molecule has 1 rings (SSSR count). The lowest BCUT2D eigenvalue weighted by atomic mass is 10.1. The molecule has 0 bridgehead atoms. The Morgan fingerprint density at radius 1 is 1.47 bits per heavy atom. The SMILES string of the molecule is O=[C]/C=C/c1ccccc1NC(=O)CCl. The molecule has 4 heteroatoms. The van der Waals surface area contributed by atoms with Crippen molar-refractivity contribution in [3.05, 3.63) is 35.9 Å². The van der Waals surface area contributed by atoms with Gasteiger partial charge in [0.1, 0.15) is 5.88 Å². The number of amides is 1. The minimum Gasteiger partial charge on any atom is -0.324 e. The molecule has 1 N–H and O–H groups in total. The van der Waals surface area contributed by atoms with Gasteiger partial charge in [0.25, 0.3) is 0 Å². The number of carbonyl (C=O) groups is 1. The second kappa shape index (κ2) is 5.98. The Morgan fingerprint density at radius 3 is 2.87 bits per heavy atom. The summed E-state index contributed by atoms with van der Waals surface area (Å²) in [6, 6.07) is 7.10. The lowest BCUT2D eigenvalue weighted by Gasteiger charge is -2.06. The first kappa shape index (κ1) is 11.5. The summed E-state index contributed by atoms with van der Waals surface area (Å²) in [5, 5.41) is 2.62. The van der Waals surface area contributed by atoms with E-state index in [0.29, 0.717) is 5.69 Å². The van der Waals surface area contributed by atoms with Gasteiger partial charge < -0.3 is 5.32 Å². The molecule has 0 spiro atoms. The highest BCUT2D eigenvalue weighted by molar-refractivity contribution is 6.29. The maximum absolute atomic E-state index is 11.1. The fourth-order valence-corrected chi connectivity index (χ4v) is 1.13. The van der Waals surface area contributed by atoms with Crippen LogP contribution >= 0.6 is 11.6 Å². The second-order valence-corrected chi connectivity index (χ2v) is 2.99. The Balaban J connectivity index is 2.90. The van der Waals surface area contributed by atoms with Gasteiger partial charge in [-0.25, -0.2) is 0 Å². The third-order valence-electron chi connectivity index (χ3n) is 1.69. The Hall–Kier alpha value is -1.61. The lowest BCUT2D eigenvalue weighted by Crippen LogP contribution is -2.13. The first-order valence-corrected chi connectivity index (χ1v) is 4.80. The number of rotatable bonds is 4. The maximum atomic E-state index is 11.1. The molecule has 0 aliphatic carbocycles. The van der Waals surface area contributed by atoms with Gasteiger partial charge in [-0.3, -0.25) is 9.59 Å². The lowest BCUT2D eigenvalue weighted by molar-refractivity contribution is -0.113. The van der Waals surface area contributed by atoms with Gasteiger partial charge in [-0.05, 0) is 23.8 Å². The summed E-state index contributed by atoms with van der Waals surface area (Å²) in [4.78, 5) is 21.1. The number of carbonyl (C=O) groups excluding carboxylic acids is 2. The molecule has 0 fully saturated rings. The van der Waals surface area contributed by atoms with Crippen LogP contribution in [0, 0.1) is 0 Å². The van der Waals surface area contributed by atoms with Crippen molar-refractivity contribution < 1.29 is 9.59 Å². The topological polar surface area (TPSA) is 46.2 Å². The number of hydrogen-bond donors (Lipinski definition) is 1. The molecule has 0 aromatic heterocycles. The van der Waals surface area contributed by atoms with E-state index in [0.717, 1.165) is 5.56 Å². The maximum Gasteiger partial charge on any atom is 0.239 e. The fourth-order valence-electron chi connectivity index (χ4n) is 1.06. The van der Waals surface area contributed by atoms with E-state index in [-0.39, 0.29) is 11.8 Å². The molecule has 0 saturated heterocycles. The Morgan fingerprint density at radius 2 is 2.20 bits per heavy atom. The van der Waals surface area contributed by atoms with Gasteiger partial charge >= 0.3 is 0 Å². The van der Waals surface area contributed by atoms with Crippen LogP contribution in [0.15, 0.2) is 30.3 Å². The smallest absolute Gasteiger partial charge is 0.239 e. The summed E-state index contributed by atoms with van der Waals surface area (Å²) in [5.74, 6) is -0.384. The average Bonchev–Trinajstić information content (AvgIpc) is 2.28. The van der Waals surface area contributed by atoms with Crippen LogP contribution in [0.3, 0.4) is 0 Å². The molecule has 3 nitrogen and oxygen atoms in total. The highest BCUT2D eigenvalue weighted by Crippen LogP contribution is 2.16. The molecular formula is C11H9ClNO2. The van der Waals surface area contributed by atoms with Crippen LogP contribution in [-0.2, 0) is 9.59 Å². The number of nitrogens with one attached hydrogen (secondary N) is 1. The molecule has 0 aliphatic heterocycles. The van der Waals surface area contributed by atoms with Crippen molar-refractivity contribution in [1.29, 1.82) is 0 Å². The van der Waals surface area contributed by atoms with Crippen molar-refractivity contribution in [2.24, 2.45) is 0 Å². The summed E-state index contributed by atoms with van der Waals surface area (Å²) in [6.07, 6.45) is 4.45. The molecule has 0 saturated carbocycles. The predicted octanol–water partition coefficient (Wildman–Crippen LogP) is 1.99. The number of hydrogen-bond acceptors (Lipinski definition) is 2. The zero-order valence-electron chi connectivity index (χ0n) is 7.87. The number of halogens is 1. The molecule has 0 atom stereocenters. The van der Waals surface area contributed by atoms with Crippen LogP contribution in [0.5, 0.6) is 0 Å². The second-order valence-electron chi connectivity index (χ2n) is 2.72. The van der Waals surface area contributed by atoms with Gasteiger partial charge in [-0.15, -0.1) is 11.6 Å². The van der Waals surface area contributed by atoms with Crippen molar-refractivity contribution in [2.45, 2.75) is 0 Å². The molecule has 1 radical (unpaired) electrons. The summed E-state index contributed by atoms with van der Waals surface area (Å²) in [6.45, 7) is 0. The highest BCUT2D eigenvalue weighted by atomic mass is 35.5. The molecule has 0 unspecified atom stereocenters. The summed E-state index contributed by atoms with van der Waals surface area (Å²) >= 11 is 5.37. The van der Waals surface area contributed by atoms with Gasteiger partial charge in [0.2, 0.25) is 12.2 Å². The standard InChI is InChI=1S/C11H9ClNO2/c12-8-11(15)13-10-6-2-1-4-9(10)5-3-7-14/h1-6H,8H2,(H,13,15)/b5-3+. The zero-order chi connectivity index (χ0) is 11.1. The molecule has 1 amide bonds. The third-order valence-corrected chi connectivity index (χ3v) is 1.93. The van der Waals surface area contributed by atoms with Crippen molar-refractivity contribution >= 4 is 35.6 Å². The molecule has 0 heterocycles. The molecule has 77 valence electrons. The molecule has 1 aromatic carbocycles. The van der Waals surface area contributed by atoms with Crippen LogP contribution in [0.25, 0.3) is 6.08 Å².